The van der Waals surface area contributed by atoms with Crippen LogP contribution in [0.4, 0.5) is 4.48 Å². The van der Waals surface area contributed by atoms with Gasteiger partial charge in [0, 0.05) is 16.9 Å². The van der Waals surface area contributed by atoms with Gasteiger partial charge in [-0.2, -0.15) is 0 Å². The second kappa shape index (κ2) is 6.23. The zero-order chi connectivity index (χ0) is 13.6. The van der Waals surface area contributed by atoms with E-state index in [1.807, 2.05) is 6.92 Å². The number of benzene rings is 1. The van der Waals surface area contributed by atoms with Crippen LogP contribution in [0.15, 0.2) is 59.8 Å². The van der Waals surface area contributed by atoms with Gasteiger partial charge in [-0.3, -0.25) is 0 Å². The Hall–Kier alpha value is -1.79. The molecule has 1 heterocycles. The number of halogens is 1. The second-order valence-electron chi connectivity index (χ2n) is 3.49. The molecule has 6 heteroatoms. The highest BCUT2D eigenvalue weighted by molar-refractivity contribution is 7.85. The summed E-state index contributed by atoms with van der Waals surface area (Å²) in [5.41, 5.74) is 0.928. The summed E-state index contributed by atoms with van der Waals surface area (Å²) in [7, 11) is -4.27. The average Bonchev–Trinajstić information content (AvgIpc) is 2.30. The van der Waals surface area contributed by atoms with E-state index in [0.717, 1.165) is 5.56 Å². The largest absolute Gasteiger partial charge is 0.744 e. The van der Waals surface area contributed by atoms with Gasteiger partial charge < -0.3 is 4.55 Å². The number of pyridine rings is 1. The minimum absolute atomic E-state index is 0.178. The molecule has 0 aliphatic heterocycles. The van der Waals surface area contributed by atoms with Gasteiger partial charge in [-0.1, -0.05) is 23.8 Å². The highest BCUT2D eigenvalue weighted by Gasteiger charge is 1.97. The lowest BCUT2D eigenvalue weighted by Gasteiger charge is -2.05. The van der Waals surface area contributed by atoms with Crippen molar-refractivity contribution in [1.29, 1.82) is 0 Å². The quantitative estimate of drug-likeness (QED) is 0.739. The first-order chi connectivity index (χ1) is 8.39. The van der Waals surface area contributed by atoms with Crippen LogP contribution in [0, 0.1) is 6.92 Å². The summed E-state index contributed by atoms with van der Waals surface area (Å²) >= 11 is 0. The maximum absolute atomic E-state index is 11.8. The zero-order valence-electron chi connectivity index (χ0n) is 9.65. The molecule has 18 heavy (non-hydrogen) atoms. The minimum atomic E-state index is -4.27. The maximum atomic E-state index is 11.8. The van der Waals surface area contributed by atoms with E-state index in [-0.39, 0.29) is 4.90 Å². The molecular formula is C12H12FNO3S. The van der Waals surface area contributed by atoms with Crippen LogP contribution in [0.1, 0.15) is 5.56 Å². The molecule has 0 bridgehead atoms. The third kappa shape index (κ3) is 5.03. The Morgan fingerprint density at radius 1 is 1.06 bits per heavy atom. The zero-order valence-corrected chi connectivity index (χ0v) is 10.5. The van der Waals surface area contributed by atoms with Gasteiger partial charge in [-0.05, 0) is 19.1 Å². The Morgan fingerprint density at radius 2 is 1.56 bits per heavy atom. The molecule has 0 saturated heterocycles. The molecule has 4 nitrogen and oxygen atoms in total. The molecule has 0 amide bonds. The SMILES string of the molecule is Cc1ccc(S(=O)(=O)[O-])cc1.F[n+]1ccccc1. The number of rotatable bonds is 1. The number of nitrogens with zero attached hydrogens (tertiary/aromatic N) is 1. The van der Waals surface area contributed by atoms with E-state index in [9.17, 15) is 17.5 Å². The smallest absolute Gasteiger partial charge is 0.218 e. The van der Waals surface area contributed by atoms with Crippen LogP contribution in [0.3, 0.4) is 0 Å². The van der Waals surface area contributed by atoms with Crippen molar-refractivity contribution in [2.75, 3.05) is 0 Å². The summed E-state index contributed by atoms with van der Waals surface area (Å²) in [4.78, 5) is 0.322. The first kappa shape index (κ1) is 14.3. The molecule has 96 valence electrons. The molecule has 1 aromatic heterocycles. The van der Waals surface area contributed by atoms with E-state index < -0.39 is 10.1 Å². The number of aromatic nitrogens is 1. The third-order valence-electron chi connectivity index (χ3n) is 1.99. The van der Waals surface area contributed by atoms with Gasteiger partial charge in [0.1, 0.15) is 10.1 Å². The van der Waals surface area contributed by atoms with E-state index in [0.29, 0.717) is 4.79 Å². The van der Waals surface area contributed by atoms with Crippen molar-refractivity contribution in [3.8, 4) is 0 Å². The van der Waals surface area contributed by atoms with Gasteiger partial charge >= 0.3 is 0 Å². The van der Waals surface area contributed by atoms with E-state index in [2.05, 4.69) is 0 Å². The minimum Gasteiger partial charge on any atom is -0.744 e. The van der Waals surface area contributed by atoms with Gasteiger partial charge in [-0.25, -0.2) is 8.42 Å². The fraction of sp³-hybridized carbons (Fsp3) is 0.0833. The van der Waals surface area contributed by atoms with E-state index in [1.165, 1.54) is 24.5 Å². The van der Waals surface area contributed by atoms with Crippen LogP contribution < -0.4 is 4.79 Å². The number of hydrogen-bond acceptors (Lipinski definition) is 3. The summed E-state index contributed by atoms with van der Waals surface area (Å²) in [6.07, 6.45) is 2.67. The fourth-order valence-corrected chi connectivity index (χ4v) is 1.55. The first-order valence-electron chi connectivity index (χ1n) is 5.04. The monoisotopic (exact) mass is 269 g/mol. The summed E-state index contributed by atoms with van der Waals surface area (Å²) in [6, 6.07) is 10.8. The Morgan fingerprint density at radius 3 is 1.89 bits per heavy atom. The Bertz CT molecular complexity index is 582. The molecule has 0 spiro atoms. The standard InChI is InChI=1S/C7H8O3S.C5H5FN/c1-6-2-4-7(5-3-6)11(8,9)10;6-7-4-2-1-3-5-7/h2-5H,1H3,(H,8,9,10);1-5H/q;+1/p-1. The lowest BCUT2D eigenvalue weighted by atomic mass is 10.2. The van der Waals surface area contributed by atoms with Crippen molar-refractivity contribution < 1.29 is 22.2 Å². The predicted octanol–water partition coefficient (Wildman–Crippen LogP) is 1.61. The van der Waals surface area contributed by atoms with Crippen molar-refractivity contribution in [3.63, 3.8) is 0 Å². The molecule has 0 fully saturated rings. The summed E-state index contributed by atoms with van der Waals surface area (Å²) < 4.78 is 43.0. The number of aryl methyl sites for hydroxylation is 1. The fourth-order valence-electron chi connectivity index (χ4n) is 1.08. The van der Waals surface area contributed by atoms with E-state index in [4.69, 9.17) is 0 Å². The summed E-state index contributed by atoms with van der Waals surface area (Å²) in [5, 5.41) is 0. The van der Waals surface area contributed by atoms with Crippen LogP contribution in [-0.4, -0.2) is 13.0 Å². The molecule has 1 aromatic carbocycles. The molecule has 0 N–H and O–H groups in total. The average molecular weight is 269 g/mol. The van der Waals surface area contributed by atoms with Gasteiger partial charge in [-0.15, -0.1) is 0 Å². The Labute approximate surface area is 105 Å². The van der Waals surface area contributed by atoms with Gasteiger partial charge in [0.15, 0.2) is 0 Å². The molecule has 0 atom stereocenters. The Balaban J connectivity index is 0.000000199. The lowest BCUT2D eigenvalue weighted by molar-refractivity contribution is -0.843. The molecule has 0 radical (unpaired) electrons. The molecule has 2 aromatic rings. The van der Waals surface area contributed by atoms with Gasteiger partial charge in [0.25, 0.3) is 0 Å². The third-order valence-corrected chi connectivity index (χ3v) is 2.84. The van der Waals surface area contributed by atoms with Crippen LogP contribution in [0.2, 0.25) is 0 Å². The number of hydrogen-bond donors (Lipinski definition) is 0. The summed E-state index contributed by atoms with van der Waals surface area (Å²) in [6.45, 7) is 1.82. The lowest BCUT2D eigenvalue weighted by Crippen LogP contribution is -2.18. The molecule has 2 rings (SSSR count). The second-order valence-corrected chi connectivity index (χ2v) is 4.87. The molecular weight excluding hydrogens is 257 g/mol. The molecule has 0 aliphatic rings. The van der Waals surface area contributed by atoms with Crippen molar-refractivity contribution >= 4 is 10.1 Å². The molecule has 0 saturated carbocycles. The van der Waals surface area contributed by atoms with Crippen molar-refractivity contribution in [1.82, 2.24) is 0 Å². The van der Waals surface area contributed by atoms with Crippen LogP contribution in [0.5, 0.6) is 0 Å². The Kier molecular flexibility index (Phi) is 4.94. The van der Waals surface area contributed by atoms with E-state index >= 15 is 0 Å². The van der Waals surface area contributed by atoms with Crippen LogP contribution in [0.25, 0.3) is 0 Å². The van der Waals surface area contributed by atoms with Crippen molar-refractivity contribution in [3.05, 3.63) is 60.4 Å². The highest BCUT2D eigenvalue weighted by atomic mass is 32.2. The van der Waals surface area contributed by atoms with Crippen molar-refractivity contribution in [2.24, 2.45) is 0 Å². The topological polar surface area (TPSA) is 61.1 Å². The predicted molar refractivity (Wildman–Crippen MR) is 62.3 cm³/mol. The highest BCUT2D eigenvalue weighted by Crippen LogP contribution is 2.08. The van der Waals surface area contributed by atoms with Crippen LogP contribution >= 0.6 is 0 Å². The first-order valence-corrected chi connectivity index (χ1v) is 6.45. The molecule has 0 unspecified atom stereocenters. The van der Waals surface area contributed by atoms with Gasteiger partial charge in [0.2, 0.25) is 12.4 Å². The van der Waals surface area contributed by atoms with Gasteiger partial charge in [0.05, 0.1) is 9.38 Å². The van der Waals surface area contributed by atoms with Crippen molar-refractivity contribution in [2.45, 2.75) is 11.8 Å². The normalized spacial score (nSPS) is 10.4. The maximum Gasteiger partial charge on any atom is 0.218 e. The molecule has 0 aliphatic carbocycles. The van der Waals surface area contributed by atoms with Crippen LogP contribution in [-0.2, 0) is 10.1 Å². The van der Waals surface area contributed by atoms with E-state index in [1.54, 1.807) is 30.3 Å². The summed E-state index contributed by atoms with van der Waals surface area (Å²) in [5.74, 6) is 0.